The van der Waals surface area contributed by atoms with Crippen molar-refractivity contribution >= 4 is 0 Å². The normalized spacial score (nSPS) is 10.9. The molecular formula is C8H3F6O. The van der Waals surface area contributed by atoms with Gasteiger partial charge in [0.05, 0.1) is 0 Å². The number of hydrogen-bond donors (Lipinski definition) is 0. The Morgan fingerprint density at radius 2 is 1.27 bits per heavy atom. The van der Waals surface area contributed by atoms with E-state index in [1.165, 1.54) is 0 Å². The van der Waals surface area contributed by atoms with Crippen molar-refractivity contribution in [1.29, 1.82) is 0 Å². The molecule has 0 unspecified atom stereocenters. The highest BCUT2D eigenvalue weighted by atomic mass is 19.3. The first-order valence-electron chi connectivity index (χ1n) is 3.49. The van der Waals surface area contributed by atoms with Crippen LogP contribution >= 0.6 is 0 Å². The molecule has 0 saturated carbocycles. The monoisotopic (exact) mass is 229 g/mol. The number of rotatable bonds is 2. The first-order valence-corrected chi connectivity index (χ1v) is 3.49. The summed E-state index contributed by atoms with van der Waals surface area (Å²) in [7, 11) is 0. The van der Waals surface area contributed by atoms with Crippen LogP contribution in [-0.4, -0.2) is 6.61 Å². The van der Waals surface area contributed by atoms with Gasteiger partial charge in [-0.3, -0.25) is 0 Å². The van der Waals surface area contributed by atoms with Gasteiger partial charge in [0.2, 0.25) is 17.4 Å². The van der Waals surface area contributed by atoms with Crippen molar-refractivity contribution in [3.8, 4) is 5.75 Å². The molecule has 0 aliphatic heterocycles. The highest BCUT2D eigenvalue weighted by molar-refractivity contribution is 5.35. The largest absolute Gasteiger partial charge is 0.428 e. The molecule has 1 rings (SSSR count). The summed E-state index contributed by atoms with van der Waals surface area (Å²) in [5.74, 6) is -9.63. The number of alkyl halides is 2. The number of hydrogen-bond acceptors (Lipinski definition) is 1. The molecular weight excluding hydrogens is 226 g/mol. The van der Waals surface area contributed by atoms with Crippen molar-refractivity contribution in [2.45, 2.75) is 6.61 Å². The molecule has 15 heavy (non-hydrogen) atoms. The molecule has 7 heteroatoms. The zero-order valence-electron chi connectivity index (χ0n) is 6.96. The van der Waals surface area contributed by atoms with Crippen LogP contribution in [0.2, 0.25) is 0 Å². The van der Waals surface area contributed by atoms with E-state index in [9.17, 15) is 26.3 Å². The molecule has 0 aliphatic rings. The second kappa shape index (κ2) is 4.00. The Morgan fingerprint density at radius 3 is 1.60 bits per heavy atom. The van der Waals surface area contributed by atoms with E-state index in [1.54, 1.807) is 0 Å². The van der Waals surface area contributed by atoms with Gasteiger partial charge in [-0.15, -0.1) is 0 Å². The van der Waals surface area contributed by atoms with Crippen LogP contribution in [0.3, 0.4) is 0 Å². The maximum Gasteiger partial charge on any atom is 0.387 e. The zero-order chi connectivity index (χ0) is 11.7. The van der Waals surface area contributed by atoms with Crippen molar-refractivity contribution in [3.63, 3.8) is 0 Å². The summed E-state index contributed by atoms with van der Waals surface area (Å²) in [5.41, 5.74) is -1.19. The van der Waals surface area contributed by atoms with Crippen molar-refractivity contribution in [2.24, 2.45) is 0 Å². The summed E-state index contributed by atoms with van der Waals surface area (Å²) >= 11 is 0. The molecule has 0 fully saturated rings. The molecule has 1 aromatic rings. The molecule has 0 saturated heterocycles. The minimum absolute atomic E-state index is 1.19. The lowest BCUT2D eigenvalue weighted by atomic mass is 10.2. The van der Waals surface area contributed by atoms with E-state index in [0.717, 1.165) is 0 Å². The molecule has 1 aromatic carbocycles. The maximum absolute atomic E-state index is 12.8. The molecule has 83 valence electrons. The van der Waals surface area contributed by atoms with E-state index >= 15 is 0 Å². The van der Waals surface area contributed by atoms with Crippen LogP contribution in [0, 0.1) is 30.2 Å². The minimum atomic E-state index is -3.59. The molecule has 0 N–H and O–H groups in total. The highest BCUT2D eigenvalue weighted by Crippen LogP contribution is 2.30. The van der Waals surface area contributed by atoms with Gasteiger partial charge in [0, 0.05) is 5.56 Å². The van der Waals surface area contributed by atoms with Crippen molar-refractivity contribution in [2.75, 3.05) is 0 Å². The summed E-state index contributed by atoms with van der Waals surface area (Å²) in [6, 6.07) is 0. The standard InChI is InChI=1S/C8H3F6O/c1-2-3(9)5(11)7(15-8(13)14)6(12)4(2)10/h8H,1H2. The van der Waals surface area contributed by atoms with Crippen LogP contribution in [0.25, 0.3) is 0 Å². The fourth-order valence-electron chi connectivity index (χ4n) is 0.850. The Labute approximate surface area is 80.3 Å². The lowest BCUT2D eigenvalue weighted by Gasteiger charge is -2.09. The Kier molecular flexibility index (Phi) is 3.11. The van der Waals surface area contributed by atoms with Crippen LogP contribution in [0.4, 0.5) is 26.3 Å². The first-order chi connectivity index (χ1) is 6.86. The molecule has 0 aromatic heterocycles. The smallest absolute Gasteiger partial charge is 0.387 e. The molecule has 0 heterocycles. The van der Waals surface area contributed by atoms with Crippen LogP contribution < -0.4 is 4.74 Å². The Bertz CT molecular complexity index is 360. The fourth-order valence-corrected chi connectivity index (χ4v) is 0.850. The van der Waals surface area contributed by atoms with Gasteiger partial charge < -0.3 is 4.74 Å². The summed E-state index contributed by atoms with van der Waals surface area (Å²) in [4.78, 5) is 0. The Balaban J connectivity index is 3.39. The highest BCUT2D eigenvalue weighted by Gasteiger charge is 2.26. The average Bonchev–Trinajstić information content (AvgIpc) is 2.18. The number of ether oxygens (including phenoxy) is 1. The van der Waals surface area contributed by atoms with Crippen LogP contribution in [0.5, 0.6) is 5.75 Å². The summed E-state index contributed by atoms with van der Waals surface area (Å²) in [5, 5.41) is 0. The Hall–Kier alpha value is -1.40. The maximum atomic E-state index is 12.8. The summed E-state index contributed by atoms with van der Waals surface area (Å²) < 4.78 is 77.6. The van der Waals surface area contributed by atoms with Gasteiger partial charge in [0.1, 0.15) is 0 Å². The van der Waals surface area contributed by atoms with Crippen molar-refractivity contribution < 1.29 is 31.1 Å². The van der Waals surface area contributed by atoms with Crippen LogP contribution in [-0.2, 0) is 0 Å². The lowest BCUT2D eigenvalue weighted by Crippen LogP contribution is -2.10. The average molecular weight is 229 g/mol. The SMILES string of the molecule is [CH2]c1c(F)c(F)c(OC(F)F)c(F)c1F. The van der Waals surface area contributed by atoms with Gasteiger partial charge in [0.25, 0.3) is 0 Å². The second-order valence-electron chi connectivity index (χ2n) is 2.44. The van der Waals surface area contributed by atoms with Crippen molar-refractivity contribution in [1.82, 2.24) is 0 Å². The quantitative estimate of drug-likeness (QED) is 0.559. The molecule has 0 amide bonds. The van der Waals surface area contributed by atoms with Gasteiger partial charge in [-0.1, -0.05) is 0 Å². The van der Waals surface area contributed by atoms with E-state index < -0.39 is 41.2 Å². The van der Waals surface area contributed by atoms with E-state index in [2.05, 4.69) is 11.7 Å². The summed E-state index contributed by atoms with van der Waals surface area (Å²) in [6.07, 6.45) is 0. The third kappa shape index (κ3) is 2.00. The fraction of sp³-hybridized carbons (Fsp3) is 0.125. The molecule has 0 spiro atoms. The lowest BCUT2D eigenvalue weighted by molar-refractivity contribution is -0.0554. The minimum Gasteiger partial charge on any atom is -0.428 e. The van der Waals surface area contributed by atoms with E-state index in [0.29, 0.717) is 0 Å². The molecule has 1 radical (unpaired) electrons. The van der Waals surface area contributed by atoms with E-state index in [-0.39, 0.29) is 0 Å². The second-order valence-corrected chi connectivity index (χ2v) is 2.44. The van der Waals surface area contributed by atoms with Crippen LogP contribution in [0.1, 0.15) is 5.56 Å². The third-order valence-electron chi connectivity index (χ3n) is 1.52. The summed E-state index contributed by atoms with van der Waals surface area (Å²) in [6.45, 7) is -0.906. The molecule has 0 atom stereocenters. The predicted octanol–water partition coefficient (Wildman–Crippen LogP) is 3.03. The van der Waals surface area contributed by atoms with E-state index in [1.807, 2.05) is 0 Å². The topological polar surface area (TPSA) is 9.23 Å². The first kappa shape index (κ1) is 11.7. The molecule has 0 bridgehead atoms. The Morgan fingerprint density at radius 1 is 0.867 bits per heavy atom. The number of halogens is 6. The predicted molar refractivity (Wildman–Crippen MR) is 37.4 cm³/mol. The van der Waals surface area contributed by atoms with E-state index in [4.69, 9.17) is 0 Å². The number of benzene rings is 1. The van der Waals surface area contributed by atoms with Gasteiger partial charge in [0.15, 0.2) is 11.6 Å². The van der Waals surface area contributed by atoms with Crippen molar-refractivity contribution in [3.05, 3.63) is 35.8 Å². The molecule has 0 aliphatic carbocycles. The van der Waals surface area contributed by atoms with Gasteiger partial charge in [-0.05, 0) is 6.92 Å². The third-order valence-corrected chi connectivity index (χ3v) is 1.52. The zero-order valence-corrected chi connectivity index (χ0v) is 6.96. The van der Waals surface area contributed by atoms with Gasteiger partial charge in [-0.2, -0.15) is 17.6 Å². The van der Waals surface area contributed by atoms with Gasteiger partial charge >= 0.3 is 6.61 Å². The van der Waals surface area contributed by atoms with Gasteiger partial charge in [-0.25, -0.2) is 8.78 Å². The molecule has 1 nitrogen and oxygen atoms in total. The van der Waals surface area contributed by atoms with Crippen LogP contribution in [0.15, 0.2) is 0 Å².